The average Bonchev–Trinajstić information content (AvgIpc) is 3.39. The Morgan fingerprint density at radius 3 is 2.71 bits per heavy atom. The Kier molecular flexibility index (Phi) is 3.31. The van der Waals surface area contributed by atoms with Crippen LogP contribution in [0.3, 0.4) is 0 Å². The molecule has 4 aliphatic heterocycles. The SMILES string of the molecule is COc1c2c(cc3c1[C@]1(CO)Cc4ccc5c(c4CN1CC3)OCO5)OCO2. The van der Waals surface area contributed by atoms with E-state index in [0.29, 0.717) is 24.5 Å². The Balaban J connectivity index is 1.56. The summed E-state index contributed by atoms with van der Waals surface area (Å²) < 4.78 is 28.4. The summed E-state index contributed by atoms with van der Waals surface area (Å²) in [5.74, 6) is 3.66. The first-order valence-corrected chi connectivity index (χ1v) is 9.51. The van der Waals surface area contributed by atoms with E-state index in [1.165, 1.54) is 5.56 Å². The largest absolute Gasteiger partial charge is 0.492 e. The monoisotopic (exact) mass is 383 g/mol. The zero-order chi connectivity index (χ0) is 18.9. The van der Waals surface area contributed by atoms with Gasteiger partial charge in [-0.15, -0.1) is 0 Å². The Morgan fingerprint density at radius 1 is 1.07 bits per heavy atom. The van der Waals surface area contributed by atoms with Gasteiger partial charge in [-0.25, -0.2) is 0 Å². The van der Waals surface area contributed by atoms with E-state index in [2.05, 4.69) is 11.0 Å². The highest BCUT2D eigenvalue weighted by Crippen LogP contribution is 2.55. The second kappa shape index (κ2) is 5.68. The highest BCUT2D eigenvalue weighted by Gasteiger charge is 2.49. The summed E-state index contributed by atoms with van der Waals surface area (Å²) >= 11 is 0. The van der Waals surface area contributed by atoms with Crippen molar-refractivity contribution in [2.24, 2.45) is 0 Å². The van der Waals surface area contributed by atoms with Gasteiger partial charge in [-0.3, -0.25) is 4.90 Å². The van der Waals surface area contributed by atoms with Gasteiger partial charge < -0.3 is 28.8 Å². The van der Waals surface area contributed by atoms with Crippen molar-refractivity contribution in [3.8, 4) is 28.7 Å². The van der Waals surface area contributed by atoms with Crippen LogP contribution in [0, 0.1) is 0 Å². The van der Waals surface area contributed by atoms with Crippen LogP contribution >= 0.6 is 0 Å². The minimum Gasteiger partial charge on any atom is -0.492 e. The third kappa shape index (κ3) is 1.95. The molecule has 1 atom stereocenters. The Hall–Kier alpha value is -2.64. The van der Waals surface area contributed by atoms with Crippen LogP contribution in [0.15, 0.2) is 18.2 Å². The highest BCUT2D eigenvalue weighted by molar-refractivity contribution is 5.64. The van der Waals surface area contributed by atoms with Crippen LogP contribution in [0.4, 0.5) is 0 Å². The van der Waals surface area contributed by atoms with Gasteiger partial charge in [0.05, 0.1) is 19.3 Å². The molecule has 1 N–H and O–H groups in total. The second-order valence-electron chi connectivity index (χ2n) is 7.65. The predicted molar refractivity (Wildman–Crippen MR) is 98.3 cm³/mol. The van der Waals surface area contributed by atoms with E-state index in [0.717, 1.165) is 46.9 Å². The van der Waals surface area contributed by atoms with Crippen molar-refractivity contribution in [3.05, 3.63) is 40.5 Å². The molecule has 4 aliphatic rings. The van der Waals surface area contributed by atoms with Gasteiger partial charge in [-0.2, -0.15) is 0 Å². The average molecular weight is 383 g/mol. The smallest absolute Gasteiger partial charge is 0.231 e. The zero-order valence-corrected chi connectivity index (χ0v) is 15.6. The van der Waals surface area contributed by atoms with E-state index >= 15 is 0 Å². The summed E-state index contributed by atoms with van der Waals surface area (Å²) in [7, 11) is 1.65. The van der Waals surface area contributed by atoms with Crippen LogP contribution in [-0.4, -0.2) is 43.9 Å². The molecule has 0 aromatic heterocycles. The number of nitrogens with zero attached hydrogens (tertiary/aromatic N) is 1. The van der Waals surface area contributed by atoms with Gasteiger partial charge in [-0.1, -0.05) is 6.07 Å². The van der Waals surface area contributed by atoms with Gasteiger partial charge in [0.1, 0.15) is 0 Å². The summed E-state index contributed by atoms with van der Waals surface area (Å²) in [5.41, 5.74) is 3.91. The number of hydrogen-bond donors (Lipinski definition) is 1. The normalized spacial score (nSPS) is 23.8. The van der Waals surface area contributed by atoms with Crippen LogP contribution in [0.25, 0.3) is 0 Å². The molecule has 0 unspecified atom stereocenters. The van der Waals surface area contributed by atoms with Crippen molar-refractivity contribution in [2.75, 3.05) is 33.8 Å². The van der Waals surface area contributed by atoms with Crippen molar-refractivity contribution in [1.29, 1.82) is 0 Å². The van der Waals surface area contributed by atoms with Crippen LogP contribution in [0.2, 0.25) is 0 Å². The summed E-state index contributed by atoms with van der Waals surface area (Å²) in [6.07, 6.45) is 1.52. The predicted octanol–water partition coefficient (Wildman–Crippen LogP) is 1.95. The minimum absolute atomic E-state index is 0.0100. The number of ether oxygens (including phenoxy) is 5. The lowest BCUT2D eigenvalue weighted by molar-refractivity contribution is -0.00138. The van der Waals surface area contributed by atoms with Crippen molar-refractivity contribution < 1.29 is 28.8 Å². The molecule has 2 aromatic carbocycles. The number of benzene rings is 2. The van der Waals surface area contributed by atoms with Gasteiger partial charge in [0, 0.05) is 24.2 Å². The third-order valence-electron chi connectivity index (χ3n) is 6.46. The van der Waals surface area contributed by atoms with Crippen molar-refractivity contribution >= 4 is 0 Å². The Labute approximate surface area is 162 Å². The van der Waals surface area contributed by atoms with E-state index < -0.39 is 5.54 Å². The molecule has 0 saturated carbocycles. The molecule has 146 valence electrons. The van der Waals surface area contributed by atoms with Gasteiger partial charge in [0.2, 0.25) is 19.3 Å². The van der Waals surface area contributed by atoms with Crippen molar-refractivity contribution in [1.82, 2.24) is 4.90 Å². The molecule has 7 heteroatoms. The van der Waals surface area contributed by atoms with Crippen molar-refractivity contribution in [2.45, 2.75) is 24.9 Å². The quantitative estimate of drug-likeness (QED) is 0.850. The maximum Gasteiger partial charge on any atom is 0.231 e. The summed E-state index contributed by atoms with van der Waals surface area (Å²) in [5, 5.41) is 10.7. The molecule has 0 aliphatic carbocycles. The molecule has 4 heterocycles. The zero-order valence-electron chi connectivity index (χ0n) is 15.6. The first kappa shape index (κ1) is 16.3. The topological polar surface area (TPSA) is 69.6 Å². The van der Waals surface area contributed by atoms with Gasteiger partial charge >= 0.3 is 0 Å². The lowest BCUT2D eigenvalue weighted by Gasteiger charge is -2.51. The fourth-order valence-corrected chi connectivity index (χ4v) is 5.17. The molecule has 0 bridgehead atoms. The number of aliphatic hydroxyl groups excluding tert-OH is 1. The first-order chi connectivity index (χ1) is 13.7. The number of rotatable bonds is 2. The summed E-state index contributed by atoms with van der Waals surface area (Å²) in [6.45, 7) is 1.97. The molecular weight excluding hydrogens is 362 g/mol. The molecule has 28 heavy (non-hydrogen) atoms. The highest BCUT2D eigenvalue weighted by atomic mass is 16.7. The van der Waals surface area contributed by atoms with E-state index in [1.54, 1.807) is 7.11 Å². The fourth-order valence-electron chi connectivity index (χ4n) is 5.17. The van der Waals surface area contributed by atoms with E-state index in [9.17, 15) is 5.11 Å². The van der Waals surface area contributed by atoms with E-state index in [-0.39, 0.29) is 20.2 Å². The maximum absolute atomic E-state index is 10.7. The Morgan fingerprint density at radius 2 is 1.89 bits per heavy atom. The van der Waals surface area contributed by atoms with E-state index in [4.69, 9.17) is 23.7 Å². The Bertz CT molecular complexity index is 990. The standard InChI is InChI=1S/C21H21NO6/c1-24-20-17-12(6-16-19(20)28-11-26-16)4-5-22-8-14-13(7-21(17,22)9-23)2-3-15-18(14)27-10-25-15/h2-3,6,23H,4-5,7-11H2,1H3/t21-/m1/s1. The van der Waals surface area contributed by atoms with Gasteiger partial charge in [-0.05, 0) is 36.1 Å². The number of hydrogen-bond acceptors (Lipinski definition) is 7. The lowest BCUT2D eigenvalue weighted by atomic mass is 9.72. The van der Waals surface area contributed by atoms with E-state index in [1.807, 2.05) is 12.1 Å². The first-order valence-electron chi connectivity index (χ1n) is 9.51. The van der Waals surface area contributed by atoms with Crippen LogP contribution in [0.5, 0.6) is 28.7 Å². The van der Waals surface area contributed by atoms with Crippen LogP contribution < -0.4 is 23.7 Å². The molecular formula is C21H21NO6. The second-order valence-corrected chi connectivity index (χ2v) is 7.65. The van der Waals surface area contributed by atoms with Crippen molar-refractivity contribution in [3.63, 3.8) is 0 Å². The molecule has 7 nitrogen and oxygen atoms in total. The summed E-state index contributed by atoms with van der Waals surface area (Å²) in [6, 6.07) is 6.10. The van der Waals surface area contributed by atoms with Gasteiger partial charge in [0.15, 0.2) is 23.0 Å². The molecule has 0 amide bonds. The lowest BCUT2D eigenvalue weighted by Crippen LogP contribution is -2.56. The number of aliphatic hydroxyl groups is 1. The molecule has 6 rings (SSSR count). The third-order valence-corrected chi connectivity index (χ3v) is 6.46. The summed E-state index contributed by atoms with van der Waals surface area (Å²) in [4.78, 5) is 2.34. The number of methoxy groups -OCH3 is 1. The van der Waals surface area contributed by atoms with Crippen LogP contribution in [-0.2, 0) is 24.9 Å². The molecule has 2 aromatic rings. The molecule has 0 radical (unpaired) electrons. The maximum atomic E-state index is 10.7. The number of fused-ring (bicyclic) bond motifs is 7. The minimum atomic E-state index is -0.569. The van der Waals surface area contributed by atoms with Gasteiger partial charge in [0.25, 0.3) is 0 Å². The molecule has 0 saturated heterocycles. The fraction of sp³-hybridized carbons (Fsp3) is 0.429. The molecule has 0 fully saturated rings. The van der Waals surface area contributed by atoms with Crippen LogP contribution in [0.1, 0.15) is 22.3 Å². The molecule has 0 spiro atoms.